The molecule has 1 saturated carbocycles. The Morgan fingerprint density at radius 1 is 1.50 bits per heavy atom. The van der Waals surface area contributed by atoms with Crippen molar-refractivity contribution in [2.45, 2.75) is 38.9 Å². The predicted octanol–water partition coefficient (Wildman–Crippen LogP) is 0.709. The second-order valence-electron chi connectivity index (χ2n) is 4.40. The van der Waals surface area contributed by atoms with E-state index < -0.39 is 0 Å². The molecule has 12 heavy (non-hydrogen) atoms. The van der Waals surface area contributed by atoms with Crippen molar-refractivity contribution in [3.63, 3.8) is 0 Å². The number of esters is 1. The SMILES string of the molecule is CC1(C)C(=O)O[C@@H]2C[C@H](O)C[C@@H]21. The van der Waals surface area contributed by atoms with Crippen LogP contribution in [0.25, 0.3) is 0 Å². The van der Waals surface area contributed by atoms with Crippen molar-refractivity contribution in [3.05, 3.63) is 0 Å². The third kappa shape index (κ3) is 0.891. The van der Waals surface area contributed by atoms with Gasteiger partial charge in [0.05, 0.1) is 11.5 Å². The minimum atomic E-state index is -0.387. The number of carbonyl (C=O) groups excluding carboxylic acids is 1. The van der Waals surface area contributed by atoms with E-state index in [4.69, 9.17) is 4.74 Å². The standard InChI is InChI=1S/C9H14O3/c1-9(2)6-3-5(10)4-7(6)12-8(9)11/h5-7,10H,3-4H2,1-2H3/t5-,6+,7-/m1/s1. The molecule has 68 valence electrons. The highest BCUT2D eigenvalue weighted by molar-refractivity contribution is 5.79. The van der Waals surface area contributed by atoms with E-state index in [9.17, 15) is 9.90 Å². The summed E-state index contributed by atoms with van der Waals surface area (Å²) in [6, 6.07) is 0. The van der Waals surface area contributed by atoms with Crippen molar-refractivity contribution in [2.24, 2.45) is 11.3 Å². The highest BCUT2D eigenvalue weighted by atomic mass is 16.6. The van der Waals surface area contributed by atoms with E-state index >= 15 is 0 Å². The van der Waals surface area contributed by atoms with Crippen LogP contribution in [0.4, 0.5) is 0 Å². The normalized spacial score (nSPS) is 44.2. The van der Waals surface area contributed by atoms with Crippen LogP contribution in [0.5, 0.6) is 0 Å². The molecule has 3 nitrogen and oxygen atoms in total. The molecule has 1 aliphatic carbocycles. The first-order valence-corrected chi connectivity index (χ1v) is 4.41. The van der Waals surface area contributed by atoms with Crippen LogP contribution in [0, 0.1) is 11.3 Å². The third-order valence-electron chi connectivity index (χ3n) is 3.19. The van der Waals surface area contributed by atoms with Gasteiger partial charge in [-0.25, -0.2) is 0 Å². The van der Waals surface area contributed by atoms with Gasteiger partial charge >= 0.3 is 5.97 Å². The summed E-state index contributed by atoms with van der Waals surface area (Å²) < 4.78 is 5.17. The number of fused-ring (bicyclic) bond motifs is 1. The quantitative estimate of drug-likeness (QED) is 0.544. The maximum Gasteiger partial charge on any atom is 0.312 e. The minimum Gasteiger partial charge on any atom is -0.462 e. The Morgan fingerprint density at radius 3 is 2.75 bits per heavy atom. The fourth-order valence-electron chi connectivity index (χ4n) is 2.30. The van der Waals surface area contributed by atoms with E-state index in [0.29, 0.717) is 12.8 Å². The van der Waals surface area contributed by atoms with Crippen molar-refractivity contribution in [1.29, 1.82) is 0 Å². The first kappa shape index (κ1) is 8.05. The predicted molar refractivity (Wildman–Crippen MR) is 42.4 cm³/mol. The molecule has 1 aliphatic heterocycles. The Bertz CT molecular complexity index is 222. The van der Waals surface area contributed by atoms with Crippen molar-refractivity contribution in [2.75, 3.05) is 0 Å². The van der Waals surface area contributed by atoms with E-state index in [1.807, 2.05) is 13.8 Å². The van der Waals surface area contributed by atoms with Gasteiger partial charge in [-0.05, 0) is 20.3 Å². The highest BCUT2D eigenvalue weighted by Gasteiger charge is 2.54. The monoisotopic (exact) mass is 170 g/mol. The van der Waals surface area contributed by atoms with Crippen molar-refractivity contribution >= 4 is 5.97 Å². The van der Waals surface area contributed by atoms with Crippen LogP contribution < -0.4 is 0 Å². The Hall–Kier alpha value is -0.570. The van der Waals surface area contributed by atoms with Gasteiger partial charge in [-0.15, -0.1) is 0 Å². The molecule has 0 bridgehead atoms. The molecule has 1 saturated heterocycles. The number of carbonyl (C=O) groups is 1. The minimum absolute atomic E-state index is 0.0255. The molecule has 1 N–H and O–H groups in total. The number of rotatable bonds is 0. The van der Waals surface area contributed by atoms with Gasteiger partial charge in [-0.3, -0.25) is 4.79 Å². The molecule has 3 heteroatoms. The van der Waals surface area contributed by atoms with Gasteiger partial charge in [0.25, 0.3) is 0 Å². The molecule has 2 aliphatic rings. The van der Waals surface area contributed by atoms with Gasteiger partial charge in [0.2, 0.25) is 0 Å². The lowest BCUT2D eigenvalue weighted by molar-refractivity contribution is -0.148. The van der Waals surface area contributed by atoms with E-state index in [-0.39, 0.29) is 29.5 Å². The number of hydrogen-bond donors (Lipinski definition) is 1. The maximum atomic E-state index is 11.3. The Balaban J connectivity index is 2.23. The number of aliphatic hydroxyl groups excluding tert-OH is 1. The summed E-state index contributed by atoms with van der Waals surface area (Å²) in [6.07, 6.45) is 1.04. The number of hydrogen-bond acceptors (Lipinski definition) is 3. The maximum absolute atomic E-state index is 11.3. The third-order valence-corrected chi connectivity index (χ3v) is 3.19. The van der Waals surface area contributed by atoms with Gasteiger partial charge in [-0.1, -0.05) is 0 Å². The van der Waals surface area contributed by atoms with Gasteiger partial charge in [0.1, 0.15) is 6.10 Å². The molecular weight excluding hydrogens is 156 g/mol. The van der Waals surface area contributed by atoms with Crippen molar-refractivity contribution in [1.82, 2.24) is 0 Å². The molecule has 2 fully saturated rings. The fourth-order valence-corrected chi connectivity index (χ4v) is 2.30. The van der Waals surface area contributed by atoms with Crippen LogP contribution >= 0.6 is 0 Å². The highest BCUT2D eigenvalue weighted by Crippen LogP contribution is 2.47. The zero-order valence-electron chi connectivity index (χ0n) is 7.41. The van der Waals surface area contributed by atoms with Crippen LogP contribution in [-0.4, -0.2) is 23.3 Å². The number of ether oxygens (including phenoxy) is 1. The largest absolute Gasteiger partial charge is 0.462 e. The summed E-state index contributed by atoms with van der Waals surface area (Å²) in [5, 5.41) is 9.36. The molecule has 0 amide bonds. The zero-order valence-corrected chi connectivity index (χ0v) is 7.41. The molecule has 0 radical (unpaired) electrons. The Morgan fingerprint density at radius 2 is 2.17 bits per heavy atom. The topological polar surface area (TPSA) is 46.5 Å². The van der Waals surface area contributed by atoms with E-state index in [1.54, 1.807) is 0 Å². The molecule has 2 rings (SSSR count). The van der Waals surface area contributed by atoms with E-state index in [1.165, 1.54) is 0 Å². The smallest absolute Gasteiger partial charge is 0.312 e. The van der Waals surface area contributed by atoms with Gasteiger partial charge in [0, 0.05) is 12.3 Å². The number of aliphatic hydroxyl groups is 1. The van der Waals surface area contributed by atoms with Crippen molar-refractivity contribution < 1.29 is 14.6 Å². The lowest BCUT2D eigenvalue weighted by Gasteiger charge is -2.19. The Labute approximate surface area is 71.7 Å². The van der Waals surface area contributed by atoms with Gasteiger partial charge in [-0.2, -0.15) is 0 Å². The van der Waals surface area contributed by atoms with Crippen molar-refractivity contribution in [3.8, 4) is 0 Å². The lowest BCUT2D eigenvalue weighted by Crippen LogP contribution is -2.26. The van der Waals surface area contributed by atoms with Crippen LogP contribution in [0.2, 0.25) is 0 Å². The lowest BCUT2D eigenvalue weighted by atomic mass is 9.79. The van der Waals surface area contributed by atoms with Crippen LogP contribution in [0.3, 0.4) is 0 Å². The summed E-state index contributed by atoms with van der Waals surface area (Å²) in [4.78, 5) is 11.3. The Kier molecular flexibility index (Phi) is 1.49. The summed E-state index contributed by atoms with van der Waals surface area (Å²) in [5.74, 6) is 0.115. The van der Waals surface area contributed by atoms with E-state index in [0.717, 1.165) is 0 Å². The van der Waals surface area contributed by atoms with Crippen LogP contribution in [0.15, 0.2) is 0 Å². The van der Waals surface area contributed by atoms with Crippen LogP contribution in [-0.2, 0) is 9.53 Å². The zero-order chi connectivity index (χ0) is 8.93. The van der Waals surface area contributed by atoms with Gasteiger partial charge in [0.15, 0.2) is 0 Å². The summed E-state index contributed by atoms with van der Waals surface area (Å²) in [6.45, 7) is 3.80. The molecule has 1 heterocycles. The second kappa shape index (κ2) is 2.22. The molecule has 0 aromatic carbocycles. The average molecular weight is 170 g/mol. The summed E-state index contributed by atoms with van der Waals surface area (Å²) in [5.41, 5.74) is -0.387. The molecule has 0 spiro atoms. The summed E-state index contributed by atoms with van der Waals surface area (Å²) in [7, 11) is 0. The van der Waals surface area contributed by atoms with Crippen LogP contribution in [0.1, 0.15) is 26.7 Å². The summed E-state index contributed by atoms with van der Waals surface area (Å²) >= 11 is 0. The molecule has 0 unspecified atom stereocenters. The first-order chi connectivity index (χ1) is 5.51. The molecule has 0 aromatic heterocycles. The van der Waals surface area contributed by atoms with Gasteiger partial charge < -0.3 is 9.84 Å². The second-order valence-corrected chi connectivity index (χ2v) is 4.40. The molecular formula is C9H14O3. The molecule has 3 atom stereocenters. The average Bonchev–Trinajstić information content (AvgIpc) is 2.38. The first-order valence-electron chi connectivity index (χ1n) is 4.41. The molecule has 0 aromatic rings. The fraction of sp³-hybridized carbons (Fsp3) is 0.889. The van der Waals surface area contributed by atoms with E-state index in [2.05, 4.69) is 0 Å².